The van der Waals surface area contributed by atoms with Crippen LogP contribution < -0.4 is 0 Å². The van der Waals surface area contributed by atoms with Crippen LogP contribution in [0.2, 0.25) is 0 Å². The van der Waals surface area contributed by atoms with Crippen molar-refractivity contribution in [2.24, 2.45) is 0 Å². The van der Waals surface area contributed by atoms with E-state index in [-0.39, 0.29) is 19.1 Å². The van der Waals surface area contributed by atoms with Crippen LogP contribution in [0.5, 0.6) is 0 Å². The van der Waals surface area contributed by atoms with Crippen molar-refractivity contribution in [1.82, 2.24) is 14.7 Å². The van der Waals surface area contributed by atoms with E-state index in [9.17, 15) is 9.59 Å². The summed E-state index contributed by atoms with van der Waals surface area (Å²) in [5, 5.41) is 12.4. The lowest BCUT2D eigenvalue weighted by molar-refractivity contribution is -0.144. The third kappa shape index (κ3) is 2.89. The number of carboxylic acid groups (broad SMARTS) is 1. The molecule has 0 fully saturated rings. The van der Waals surface area contributed by atoms with E-state index in [1.54, 1.807) is 18.5 Å². The van der Waals surface area contributed by atoms with Gasteiger partial charge in [0.25, 0.3) is 0 Å². The summed E-state index contributed by atoms with van der Waals surface area (Å²) in [4.78, 5) is 22.6. The van der Waals surface area contributed by atoms with Crippen molar-refractivity contribution < 1.29 is 14.7 Å². The molecule has 0 saturated heterocycles. The van der Waals surface area contributed by atoms with Gasteiger partial charge in [0.2, 0.25) is 5.91 Å². The SMILES string of the molecule is CC(=O)N(CC(=O)O)Cn1cccn1. The number of aromatic nitrogens is 2. The topological polar surface area (TPSA) is 75.4 Å². The molecule has 76 valence electrons. The Morgan fingerprint density at radius 3 is 2.71 bits per heavy atom. The second-order valence-corrected chi connectivity index (χ2v) is 2.80. The van der Waals surface area contributed by atoms with E-state index in [0.29, 0.717) is 0 Å². The fraction of sp³-hybridized carbons (Fsp3) is 0.375. The minimum absolute atomic E-state index is 0.161. The Kier molecular flexibility index (Phi) is 3.22. The molecule has 0 aliphatic rings. The van der Waals surface area contributed by atoms with Gasteiger partial charge < -0.3 is 10.0 Å². The number of carboxylic acids is 1. The number of hydrogen-bond acceptors (Lipinski definition) is 3. The normalized spacial score (nSPS) is 9.79. The van der Waals surface area contributed by atoms with E-state index in [1.165, 1.54) is 16.5 Å². The fourth-order valence-electron chi connectivity index (χ4n) is 0.983. The summed E-state index contributed by atoms with van der Waals surface area (Å²) in [6, 6.07) is 1.71. The zero-order valence-electron chi connectivity index (χ0n) is 7.75. The van der Waals surface area contributed by atoms with E-state index in [1.807, 2.05) is 0 Å². The van der Waals surface area contributed by atoms with Gasteiger partial charge in [-0.15, -0.1) is 0 Å². The average Bonchev–Trinajstić information content (AvgIpc) is 2.54. The highest BCUT2D eigenvalue weighted by atomic mass is 16.4. The smallest absolute Gasteiger partial charge is 0.323 e. The van der Waals surface area contributed by atoms with Gasteiger partial charge in [0, 0.05) is 19.3 Å². The minimum atomic E-state index is -1.03. The standard InChI is InChI=1S/C8H11N3O3/c1-7(12)10(5-8(13)14)6-11-4-2-3-9-11/h2-4H,5-6H2,1H3,(H,13,14). The summed E-state index contributed by atoms with van der Waals surface area (Å²) < 4.78 is 1.49. The lowest BCUT2D eigenvalue weighted by Gasteiger charge is -2.18. The molecule has 1 N–H and O–H groups in total. The molecular weight excluding hydrogens is 186 g/mol. The van der Waals surface area contributed by atoms with Crippen LogP contribution in [0.25, 0.3) is 0 Å². The molecule has 6 heteroatoms. The van der Waals surface area contributed by atoms with Crippen LogP contribution in [0, 0.1) is 0 Å². The predicted octanol–water partition coefficient (Wildman–Crippen LogP) is -0.226. The van der Waals surface area contributed by atoms with Crippen molar-refractivity contribution in [3.63, 3.8) is 0 Å². The van der Waals surface area contributed by atoms with Crippen molar-refractivity contribution in [2.45, 2.75) is 13.6 Å². The van der Waals surface area contributed by atoms with Gasteiger partial charge >= 0.3 is 5.97 Å². The van der Waals surface area contributed by atoms with E-state index < -0.39 is 5.97 Å². The number of hydrogen-bond donors (Lipinski definition) is 1. The molecule has 0 aromatic carbocycles. The third-order valence-electron chi connectivity index (χ3n) is 1.65. The first kappa shape index (κ1) is 10.2. The maximum atomic E-state index is 11.0. The zero-order valence-corrected chi connectivity index (χ0v) is 7.75. The van der Waals surface area contributed by atoms with Crippen molar-refractivity contribution in [3.8, 4) is 0 Å². The largest absolute Gasteiger partial charge is 0.480 e. The number of carbonyl (C=O) groups is 2. The first-order chi connectivity index (χ1) is 6.59. The Morgan fingerprint density at radius 2 is 2.29 bits per heavy atom. The quantitative estimate of drug-likeness (QED) is 0.723. The molecule has 14 heavy (non-hydrogen) atoms. The van der Waals surface area contributed by atoms with Crippen LogP contribution in [0.1, 0.15) is 6.92 Å². The second-order valence-electron chi connectivity index (χ2n) is 2.80. The molecule has 0 unspecified atom stereocenters. The average molecular weight is 197 g/mol. The molecule has 0 atom stereocenters. The van der Waals surface area contributed by atoms with Gasteiger partial charge in [-0.3, -0.25) is 14.3 Å². The van der Waals surface area contributed by atoms with Gasteiger partial charge in [0.15, 0.2) is 0 Å². The summed E-state index contributed by atoms with van der Waals surface area (Å²) in [6.07, 6.45) is 3.23. The molecule has 1 heterocycles. The Labute approximate surface area is 80.7 Å². The Balaban J connectivity index is 2.60. The molecular formula is C8H11N3O3. The van der Waals surface area contributed by atoms with Crippen LogP contribution in [-0.4, -0.2) is 38.2 Å². The summed E-state index contributed by atoms with van der Waals surface area (Å²) in [7, 11) is 0. The van der Waals surface area contributed by atoms with E-state index in [4.69, 9.17) is 5.11 Å². The second kappa shape index (κ2) is 4.40. The molecule has 1 aromatic rings. The van der Waals surface area contributed by atoms with E-state index in [2.05, 4.69) is 5.10 Å². The molecule has 0 radical (unpaired) electrons. The molecule has 0 aliphatic carbocycles. The highest BCUT2D eigenvalue weighted by Crippen LogP contribution is 1.94. The van der Waals surface area contributed by atoms with Crippen LogP contribution >= 0.6 is 0 Å². The van der Waals surface area contributed by atoms with Crippen molar-refractivity contribution in [1.29, 1.82) is 0 Å². The fourth-order valence-corrected chi connectivity index (χ4v) is 0.983. The first-order valence-electron chi connectivity index (χ1n) is 4.04. The zero-order chi connectivity index (χ0) is 10.6. The molecule has 1 rings (SSSR count). The van der Waals surface area contributed by atoms with Crippen LogP contribution in [-0.2, 0) is 16.3 Å². The van der Waals surface area contributed by atoms with E-state index in [0.717, 1.165) is 0 Å². The van der Waals surface area contributed by atoms with Gasteiger partial charge in [-0.2, -0.15) is 5.10 Å². The Bertz CT molecular complexity index is 321. The van der Waals surface area contributed by atoms with Crippen LogP contribution in [0.15, 0.2) is 18.5 Å². The molecule has 1 amide bonds. The lowest BCUT2D eigenvalue weighted by Crippen LogP contribution is -2.35. The minimum Gasteiger partial charge on any atom is -0.480 e. The molecule has 1 aromatic heterocycles. The lowest BCUT2D eigenvalue weighted by atomic mass is 10.5. The van der Waals surface area contributed by atoms with Crippen molar-refractivity contribution in [2.75, 3.05) is 6.54 Å². The molecule has 0 saturated carbocycles. The summed E-state index contributed by atoms with van der Waals surface area (Å²) in [6.45, 7) is 1.18. The molecule has 6 nitrogen and oxygen atoms in total. The van der Waals surface area contributed by atoms with Gasteiger partial charge in [-0.1, -0.05) is 0 Å². The summed E-state index contributed by atoms with van der Waals surface area (Å²) >= 11 is 0. The number of nitrogens with zero attached hydrogens (tertiary/aromatic N) is 3. The number of carbonyl (C=O) groups excluding carboxylic acids is 1. The Morgan fingerprint density at radius 1 is 1.57 bits per heavy atom. The highest BCUT2D eigenvalue weighted by molar-refractivity contribution is 5.79. The molecule has 0 bridgehead atoms. The van der Waals surface area contributed by atoms with Gasteiger partial charge in [-0.25, -0.2) is 0 Å². The molecule has 0 aliphatic heterocycles. The maximum Gasteiger partial charge on any atom is 0.323 e. The third-order valence-corrected chi connectivity index (χ3v) is 1.65. The van der Waals surface area contributed by atoms with E-state index >= 15 is 0 Å². The Hall–Kier alpha value is -1.85. The van der Waals surface area contributed by atoms with Gasteiger partial charge in [-0.05, 0) is 6.07 Å². The van der Waals surface area contributed by atoms with Crippen LogP contribution in [0.4, 0.5) is 0 Å². The van der Waals surface area contributed by atoms with Gasteiger partial charge in [0.05, 0.1) is 0 Å². The van der Waals surface area contributed by atoms with Gasteiger partial charge in [0.1, 0.15) is 13.2 Å². The number of amides is 1. The highest BCUT2D eigenvalue weighted by Gasteiger charge is 2.12. The summed E-state index contributed by atoms with van der Waals surface area (Å²) in [5.41, 5.74) is 0. The van der Waals surface area contributed by atoms with Crippen molar-refractivity contribution >= 4 is 11.9 Å². The summed E-state index contributed by atoms with van der Waals surface area (Å²) in [5.74, 6) is -1.32. The van der Waals surface area contributed by atoms with Crippen molar-refractivity contribution in [3.05, 3.63) is 18.5 Å². The number of aliphatic carboxylic acids is 1. The van der Waals surface area contributed by atoms with Crippen LogP contribution in [0.3, 0.4) is 0 Å². The maximum absolute atomic E-state index is 11.0. The first-order valence-corrected chi connectivity index (χ1v) is 4.04. The predicted molar refractivity (Wildman–Crippen MR) is 47.2 cm³/mol. The molecule has 0 spiro atoms. The number of rotatable bonds is 4. The monoisotopic (exact) mass is 197 g/mol.